The van der Waals surface area contributed by atoms with Gasteiger partial charge < -0.3 is 5.11 Å². The van der Waals surface area contributed by atoms with Crippen LogP contribution in [0.4, 0.5) is 0 Å². The number of hydrazone groups is 1. The Morgan fingerprint density at radius 1 is 1.10 bits per heavy atom. The predicted octanol–water partition coefficient (Wildman–Crippen LogP) is 2.65. The fourth-order valence-corrected chi connectivity index (χ4v) is 2.41. The van der Waals surface area contributed by atoms with Crippen molar-refractivity contribution in [3.8, 4) is 0 Å². The van der Waals surface area contributed by atoms with Crippen molar-refractivity contribution in [1.82, 2.24) is 5.01 Å². The Morgan fingerprint density at radius 2 is 1.67 bits per heavy atom. The van der Waals surface area contributed by atoms with E-state index in [9.17, 15) is 9.90 Å². The molecule has 0 bridgehead atoms. The summed E-state index contributed by atoms with van der Waals surface area (Å²) in [6, 6.07) is 18.4. The molecule has 1 aliphatic rings. The van der Waals surface area contributed by atoms with Gasteiger partial charge >= 0.3 is 0 Å². The maximum Gasteiger partial charge on any atom is 0.276 e. The molecule has 0 spiro atoms. The highest BCUT2D eigenvalue weighted by Gasteiger charge is 2.40. The van der Waals surface area contributed by atoms with E-state index in [4.69, 9.17) is 0 Å². The van der Waals surface area contributed by atoms with E-state index >= 15 is 0 Å². The van der Waals surface area contributed by atoms with Crippen LogP contribution in [0.1, 0.15) is 29.3 Å². The van der Waals surface area contributed by atoms with Crippen molar-refractivity contribution in [2.45, 2.75) is 19.1 Å². The molecule has 2 aromatic carbocycles. The van der Waals surface area contributed by atoms with Gasteiger partial charge in [-0.3, -0.25) is 4.79 Å². The van der Waals surface area contributed by atoms with Gasteiger partial charge in [-0.2, -0.15) is 10.1 Å². The average molecular weight is 280 g/mol. The summed E-state index contributed by atoms with van der Waals surface area (Å²) in [7, 11) is 0. The fourth-order valence-electron chi connectivity index (χ4n) is 2.41. The van der Waals surface area contributed by atoms with Crippen LogP contribution in [0.15, 0.2) is 65.8 Å². The summed E-state index contributed by atoms with van der Waals surface area (Å²) in [5.41, 5.74) is 0.833. The largest absolute Gasteiger partial charge is 0.369 e. The van der Waals surface area contributed by atoms with Crippen LogP contribution < -0.4 is 0 Å². The minimum absolute atomic E-state index is 0.300. The molecule has 0 aliphatic carbocycles. The number of hydrogen-bond acceptors (Lipinski definition) is 3. The molecule has 0 unspecified atom stereocenters. The standard InChI is InChI=1S/C17H16N2O2/c1-17(21)12-15(13-8-4-2-5-9-13)18-19(17)16(20)14-10-6-3-7-11-14/h2-11,21H,12H2,1H3/t17-/m0/s1. The second-order valence-corrected chi connectivity index (χ2v) is 5.29. The molecular formula is C17H16N2O2. The molecule has 1 amide bonds. The molecule has 1 N–H and O–H groups in total. The van der Waals surface area contributed by atoms with Gasteiger partial charge in [0.25, 0.3) is 5.91 Å². The SMILES string of the molecule is C[C@]1(O)CC(c2ccccc2)=NN1C(=O)c1ccccc1. The fraction of sp³-hybridized carbons (Fsp3) is 0.176. The van der Waals surface area contributed by atoms with Crippen molar-refractivity contribution in [2.75, 3.05) is 0 Å². The summed E-state index contributed by atoms with van der Waals surface area (Å²) in [5, 5.41) is 16.0. The molecule has 0 saturated carbocycles. The van der Waals surface area contributed by atoms with E-state index in [0.29, 0.717) is 17.7 Å². The topological polar surface area (TPSA) is 52.9 Å². The van der Waals surface area contributed by atoms with Crippen LogP contribution in [0.5, 0.6) is 0 Å². The lowest BCUT2D eigenvalue weighted by molar-refractivity contribution is -0.0553. The Labute approximate surface area is 123 Å². The van der Waals surface area contributed by atoms with Gasteiger partial charge in [0, 0.05) is 12.0 Å². The van der Waals surface area contributed by atoms with Crippen molar-refractivity contribution in [1.29, 1.82) is 0 Å². The first kappa shape index (κ1) is 13.5. The van der Waals surface area contributed by atoms with Crippen LogP contribution in [0.2, 0.25) is 0 Å². The number of rotatable bonds is 2. The number of amides is 1. The summed E-state index contributed by atoms with van der Waals surface area (Å²) < 4.78 is 0. The number of benzene rings is 2. The molecule has 21 heavy (non-hydrogen) atoms. The number of carbonyl (C=O) groups excluding carboxylic acids is 1. The van der Waals surface area contributed by atoms with Crippen molar-refractivity contribution in [2.24, 2.45) is 5.10 Å². The Balaban J connectivity index is 1.94. The molecule has 0 radical (unpaired) electrons. The van der Waals surface area contributed by atoms with Gasteiger partial charge in [0.1, 0.15) is 0 Å². The van der Waals surface area contributed by atoms with E-state index in [1.54, 1.807) is 31.2 Å². The zero-order valence-corrected chi connectivity index (χ0v) is 11.7. The third kappa shape index (κ3) is 2.58. The highest BCUT2D eigenvalue weighted by atomic mass is 16.3. The van der Waals surface area contributed by atoms with Crippen LogP contribution in [-0.4, -0.2) is 27.5 Å². The van der Waals surface area contributed by atoms with Crippen LogP contribution in [0, 0.1) is 0 Å². The summed E-state index contributed by atoms with van der Waals surface area (Å²) >= 11 is 0. The van der Waals surface area contributed by atoms with Crippen molar-refractivity contribution in [3.63, 3.8) is 0 Å². The van der Waals surface area contributed by atoms with E-state index < -0.39 is 5.72 Å². The number of aliphatic hydroxyl groups is 1. The first-order valence-electron chi connectivity index (χ1n) is 6.83. The molecule has 4 nitrogen and oxygen atoms in total. The second-order valence-electron chi connectivity index (χ2n) is 5.29. The summed E-state index contributed by atoms with van der Waals surface area (Å²) in [6.45, 7) is 1.60. The maximum atomic E-state index is 12.5. The smallest absolute Gasteiger partial charge is 0.276 e. The summed E-state index contributed by atoms with van der Waals surface area (Å²) in [4.78, 5) is 12.5. The van der Waals surface area contributed by atoms with Crippen LogP contribution in [0.25, 0.3) is 0 Å². The lowest BCUT2D eigenvalue weighted by atomic mass is 10.0. The van der Waals surface area contributed by atoms with Crippen molar-refractivity contribution >= 4 is 11.6 Å². The summed E-state index contributed by atoms with van der Waals surface area (Å²) in [6.07, 6.45) is 0.315. The quantitative estimate of drug-likeness (QED) is 0.919. The lowest BCUT2D eigenvalue weighted by Crippen LogP contribution is -2.43. The molecule has 1 atom stereocenters. The molecule has 2 aromatic rings. The van der Waals surface area contributed by atoms with Crippen LogP contribution in [-0.2, 0) is 0 Å². The second kappa shape index (κ2) is 5.14. The van der Waals surface area contributed by atoms with Crippen LogP contribution >= 0.6 is 0 Å². The minimum atomic E-state index is -1.31. The average Bonchev–Trinajstić information content (AvgIpc) is 2.84. The lowest BCUT2D eigenvalue weighted by Gasteiger charge is -2.26. The van der Waals surface area contributed by atoms with Gasteiger partial charge in [-0.25, -0.2) is 0 Å². The first-order chi connectivity index (χ1) is 10.1. The molecule has 106 valence electrons. The number of nitrogens with zero attached hydrogens (tertiary/aromatic N) is 2. The molecule has 4 heteroatoms. The normalized spacial score (nSPS) is 21.2. The summed E-state index contributed by atoms with van der Waals surface area (Å²) in [5.74, 6) is -0.300. The van der Waals surface area contributed by atoms with Crippen molar-refractivity contribution in [3.05, 3.63) is 71.8 Å². The molecular weight excluding hydrogens is 264 g/mol. The molecule has 0 fully saturated rings. The van der Waals surface area contributed by atoms with E-state index in [-0.39, 0.29) is 5.91 Å². The highest BCUT2D eigenvalue weighted by molar-refractivity contribution is 6.05. The van der Waals surface area contributed by atoms with Gasteiger partial charge in [0.15, 0.2) is 5.72 Å². The minimum Gasteiger partial charge on any atom is -0.369 e. The van der Waals surface area contributed by atoms with Gasteiger partial charge in [0.05, 0.1) is 5.71 Å². The highest BCUT2D eigenvalue weighted by Crippen LogP contribution is 2.29. The first-order valence-corrected chi connectivity index (χ1v) is 6.83. The van der Waals surface area contributed by atoms with Gasteiger partial charge in [-0.1, -0.05) is 48.5 Å². The Kier molecular flexibility index (Phi) is 3.31. The van der Waals surface area contributed by atoms with E-state index in [1.807, 2.05) is 36.4 Å². The molecule has 1 aliphatic heterocycles. The third-order valence-electron chi connectivity index (χ3n) is 3.50. The zero-order valence-electron chi connectivity index (χ0n) is 11.7. The Hall–Kier alpha value is -2.46. The van der Waals surface area contributed by atoms with E-state index in [2.05, 4.69) is 5.10 Å². The maximum absolute atomic E-state index is 12.5. The number of hydrogen-bond donors (Lipinski definition) is 1. The van der Waals surface area contributed by atoms with Crippen LogP contribution in [0.3, 0.4) is 0 Å². The molecule has 1 heterocycles. The van der Waals surface area contributed by atoms with Gasteiger partial charge in [-0.15, -0.1) is 0 Å². The Bertz CT molecular complexity index is 678. The van der Waals surface area contributed by atoms with Gasteiger partial charge in [-0.05, 0) is 24.6 Å². The van der Waals surface area contributed by atoms with Crippen molar-refractivity contribution < 1.29 is 9.90 Å². The van der Waals surface area contributed by atoms with Gasteiger partial charge in [0.2, 0.25) is 0 Å². The van der Waals surface area contributed by atoms with E-state index in [0.717, 1.165) is 5.56 Å². The monoisotopic (exact) mass is 280 g/mol. The predicted molar refractivity (Wildman–Crippen MR) is 80.8 cm³/mol. The molecule has 0 aromatic heterocycles. The molecule has 3 rings (SSSR count). The third-order valence-corrected chi connectivity index (χ3v) is 3.50. The molecule has 0 saturated heterocycles. The number of carbonyl (C=O) groups is 1. The zero-order chi connectivity index (χ0) is 14.9. The Morgan fingerprint density at radius 3 is 2.29 bits per heavy atom. The van der Waals surface area contributed by atoms with E-state index in [1.165, 1.54) is 5.01 Å².